The lowest BCUT2D eigenvalue weighted by molar-refractivity contribution is -0.137. The highest BCUT2D eigenvalue weighted by Crippen LogP contribution is 2.08. The summed E-state index contributed by atoms with van der Waals surface area (Å²) < 4.78 is 9.92. The lowest BCUT2D eigenvalue weighted by Crippen LogP contribution is -2.08. The molecule has 1 aromatic rings. The standard InChI is InChI=1S/C13H13BrO4/c1-10(15)18-12(9-14)7-8-17-13(16)11-5-3-2-4-6-11/h2-6,9H,7-8H2,1H3/b12-9-. The van der Waals surface area contributed by atoms with Gasteiger partial charge in [-0.1, -0.05) is 34.1 Å². The first-order chi connectivity index (χ1) is 8.63. The van der Waals surface area contributed by atoms with Gasteiger partial charge in [-0.15, -0.1) is 0 Å². The number of carbonyl (C=O) groups is 2. The van der Waals surface area contributed by atoms with Crippen LogP contribution < -0.4 is 0 Å². The number of hydrogen-bond acceptors (Lipinski definition) is 4. The molecule has 5 heteroatoms. The maximum Gasteiger partial charge on any atom is 0.338 e. The van der Waals surface area contributed by atoms with E-state index in [1.54, 1.807) is 24.3 Å². The van der Waals surface area contributed by atoms with Gasteiger partial charge < -0.3 is 9.47 Å². The van der Waals surface area contributed by atoms with E-state index >= 15 is 0 Å². The first kappa shape index (κ1) is 14.4. The van der Waals surface area contributed by atoms with Gasteiger partial charge in [-0.05, 0) is 12.1 Å². The van der Waals surface area contributed by atoms with Crippen LogP contribution in [0.2, 0.25) is 0 Å². The van der Waals surface area contributed by atoms with E-state index in [-0.39, 0.29) is 6.61 Å². The highest BCUT2D eigenvalue weighted by Gasteiger charge is 2.07. The van der Waals surface area contributed by atoms with Gasteiger partial charge in [0.15, 0.2) is 0 Å². The van der Waals surface area contributed by atoms with E-state index in [2.05, 4.69) is 15.9 Å². The van der Waals surface area contributed by atoms with Crippen LogP contribution in [0.15, 0.2) is 41.1 Å². The number of halogens is 1. The zero-order valence-electron chi connectivity index (χ0n) is 9.89. The van der Waals surface area contributed by atoms with Crippen molar-refractivity contribution in [3.8, 4) is 0 Å². The van der Waals surface area contributed by atoms with Crippen molar-refractivity contribution in [1.29, 1.82) is 0 Å². The van der Waals surface area contributed by atoms with E-state index in [0.717, 1.165) is 0 Å². The van der Waals surface area contributed by atoms with Gasteiger partial charge in [0.1, 0.15) is 5.76 Å². The third kappa shape index (κ3) is 5.14. The first-order valence-electron chi connectivity index (χ1n) is 5.33. The Morgan fingerprint density at radius 1 is 1.28 bits per heavy atom. The van der Waals surface area contributed by atoms with E-state index in [4.69, 9.17) is 9.47 Å². The number of rotatable bonds is 5. The maximum atomic E-state index is 11.6. The molecule has 0 bridgehead atoms. The lowest BCUT2D eigenvalue weighted by Gasteiger charge is -2.07. The van der Waals surface area contributed by atoms with E-state index in [1.165, 1.54) is 11.9 Å². The lowest BCUT2D eigenvalue weighted by atomic mass is 10.2. The van der Waals surface area contributed by atoms with Crippen LogP contribution >= 0.6 is 15.9 Å². The quantitative estimate of drug-likeness (QED) is 0.619. The SMILES string of the molecule is CC(=O)O/C(=C\Br)CCOC(=O)c1ccccc1. The molecule has 0 amide bonds. The van der Waals surface area contributed by atoms with Gasteiger partial charge in [0.25, 0.3) is 0 Å². The molecule has 96 valence electrons. The average Bonchev–Trinajstić information content (AvgIpc) is 2.38. The third-order valence-corrected chi connectivity index (χ3v) is 2.50. The topological polar surface area (TPSA) is 52.6 Å². The van der Waals surface area contributed by atoms with Crippen LogP contribution in [0, 0.1) is 0 Å². The molecule has 0 aliphatic heterocycles. The first-order valence-corrected chi connectivity index (χ1v) is 6.25. The Labute approximate surface area is 114 Å². The van der Waals surface area contributed by atoms with Crippen LogP contribution in [-0.2, 0) is 14.3 Å². The van der Waals surface area contributed by atoms with Gasteiger partial charge in [0.2, 0.25) is 0 Å². The number of benzene rings is 1. The highest BCUT2D eigenvalue weighted by molar-refractivity contribution is 9.11. The summed E-state index contributed by atoms with van der Waals surface area (Å²) in [6, 6.07) is 8.70. The minimum absolute atomic E-state index is 0.151. The molecule has 0 spiro atoms. The van der Waals surface area contributed by atoms with Crippen molar-refractivity contribution in [1.82, 2.24) is 0 Å². The summed E-state index contributed by atoms with van der Waals surface area (Å²) in [5.41, 5.74) is 0.495. The van der Waals surface area contributed by atoms with Gasteiger partial charge in [-0.25, -0.2) is 4.79 Å². The zero-order valence-corrected chi connectivity index (χ0v) is 11.5. The molecule has 1 rings (SSSR count). The molecule has 1 aromatic carbocycles. The minimum atomic E-state index is -0.407. The maximum absolute atomic E-state index is 11.6. The van der Waals surface area contributed by atoms with Crippen LogP contribution in [0.4, 0.5) is 0 Å². The molecular formula is C13H13BrO4. The summed E-state index contributed by atoms with van der Waals surface area (Å²) in [6.07, 6.45) is 0.337. The minimum Gasteiger partial charge on any atom is -0.462 e. The molecule has 0 aliphatic rings. The smallest absolute Gasteiger partial charge is 0.338 e. The molecule has 4 nitrogen and oxygen atoms in total. The second-order valence-electron chi connectivity index (χ2n) is 3.42. The van der Waals surface area contributed by atoms with Gasteiger partial charge in [-0.2, -0.15) is 0 Å². The largest absolute Gasteiger partial charge is 0.462 e. The number of hydrogen-bond donors (Lipinski definition) is 0. The molecule has 0 atom stereocenters. The molecule has 0 aliphatic carbocycles. The van der Waals surface area contributed by atoms with E-state index in [0.29, 0.717) is 17.7 Å². The van der Waals surface area contributed by atoms with Crippen molar-refractivity contribution in [3.63, 3.8) is 0 Å². The Hall–Kier alpha value is -1.62. The van der Waals surface area contributed by atoms with E-state index in [9.17, 15) is 9.59 Å². The van der Waals surface area contributed by atoms with Crippen LogP contribution in [0.3, 0.4) is 0 Å². The van der Waals surface area contributed by atoms with Crippen molar-refractivity contribution >= 4 is 27.9 Å². The molecule has 18 heavy (non-hydrogen) atoms. The molecule has 0 radical (unpaired) electrons. The summed E-state index contributed by atoms with van der Waals surface area (Å²) >= 11 is 3.08. The molecule has 0 fully saturated rings. The highest BCUT2D eigenvalue weighted by atomic mass is 79.9. The normalized spacial score (nSPS) is 10.9. The Morgan fingerprint density at radius 3 is 2.50 bits per heavy atom. The molecule has 0 N–H and O–H groups in total. The summed E-state index contributed by atoms with van der Waals surface area (Å²) in [5, 5.41) is 0. The Kier molecular flexibility index (Phi) is 6.14. The fraction of sp³-hybridized carbons (Fsp3) is 0.231. The number of ether oxygens (including phenoxy) is 2. The predicted octanol–water partition coefficient (Wildman–Crippen LogP) is 3.03. The molecule has 0 heterocycles. The van der Waals surface area contributed by atoms with Crippen molar-refractivity contribution < 1.29 is 19.1 Å². The molecule has 0 saturated heterocycles. The average molecular weight is 313 g/mol. The predicted molar refractivity (Wildman–Crippen MR) is 70.1 cm³/mol. The molecule has 0 aromatic heterocycles. The second-order valence-corrected chi connectivity index (χ2v) is 3.88. The van der Waals surface area contributed by atoms with Gasteiger partial charge in [-0.3, -0.25) is 4.79 Å². The van der Waals surface area contributed by atoms with Crippen LogP contribution in [0.1, 0.15) is 23.7 Å². The Bertz CT molecular complexity index is 440. The zero-order chi connectivity index (χ0) is 13.4. The summed E-state index contributed by atoms with van der Waals surface area (Å²) in [6.45, 7) is 1.46. The van der Waals surface area contributed by atoms with E-state index in [1.807, 2.05) is 6.07 Å². The molecule has 0 unspecified atom stereocenters. The van der Waals surface area contributed by atoms with Crippen molar-refractivity contribution in [2.24, 2.45) is 0 Å². The van der Waals surface area contributed by atoms with Crippen molar-refractivity contribution in [3.05, 3.63) is 46.6 Å². The summed E-state index contributed by atoms with van der Waals surface area (Å²) in [4.78, 5) is 23.8. The van der Waals surface area contributed by atoms with Crippen LogP contribution in [0.5, 0.6) is 0 Å². The summed E-state index contributed by atoms with van der Waals surface area (Å²) in [5.74, 6) is -0.384. The number of esters is 2. The monoisotopic (exact) mass is 312 g/mol. The fourth-order valence-electron chi connectivity index (χ4n) is 1.21. The van der Waals surface area contributed by atoms with E-state index < -0.39 is 11.9 Å². The number of carbonyl (C=O) groups excluding carboxylic acids is 2. The molecular weight excluding hydrogens is 300 g/mol. The van der Waals surface area contributed by atoms with Gasteiger partial charge >= 0.3 is 11.9 Å². The van der Waals surface area contributed by atoms with Gasteiger partial charge in [0.05, 0.1) is 12.2 Å². The van der Waals surface area contributed by atoms with Crippen molar-refractivity contribution in [2.75, 3.05) is 6.61 Å². The van der Waals surface area contributed by atoms with Gasteiger partial charge in [0, 0.05) is 18.3 Å². The van der Waals surface area contributed by atoms with Crippen molar-refractivity contribution in [2.45, 2.75) is 13.3 Å². The fourth-order valence-corrected chi connectivity index (χ4v) is 1.54. The van der Waals surface area contributed by atoms with Crippen LogP contribution in [0.25, 0.3) is 0 Å². The van der Waals surface area contributed by atoms with Crippen LogP contribution in [-0.4, -0.2) is 18.5 Å². The summed E-state index contributed by atoms with van der Waals surface area (Å²) in [7, 11) is 0. The Balaban J connectivity index is 2.38. The Morgan fingerprint density at radius 2 is 1.94 bits per heavy atom. The second kappa shape index (κ2) is 7.66. The molecule has 0 saturated carbocycles. The third-order valence-electron chi connectivity index (χ3n) is 1.99.